The van der Waals surface area contributed by atoms with Crippen LogP contribution >= 0.6 is 0 Å². The number of rotatable bonds is 44. The van der Waals surface area contributed by atoms with Gasteiger partial charge >= 0.3 is 17.9 Å². The lowest BCUT2D eigenvalue weighted by atomic mass is 10.0. The Labute approximate surface area is 342 Å². The quantitative estimate of drug-likeness (QED) is 0.0348. The predicted octanol–water partition coefficient (Wildman–Crippen LogP) is 15.5. The average molecular weight is 779 g/mol. The van der Waals surface area contributed by atoms with E-state index in [4.69, 9.17) is 14.2 Å². The lowest BCUT2D eigenvalue weighted by Crippen LogP contribution is -2.30. The maximum absolute atomic E-state index is 12.7. The van der Waals surface area contributed by atoms with E-state index in [1.165, 1.54) is 167 Å². The lowest BCUT2D eigenvalue weighted by molar-refractivity contribution is -0.167. The van der Waals surface area contributed by atoms with Crippen LogP contribution in [0.4, 0.5) is 0 Å². The van der Waals surface area contributed by atoms with Gasteiger partial charge in [0.15, 0.2) is 6.10 Å². The average Bonchev–Trinajstić information content (AvgIpc) is 3.17. The van der Waals surface area contributed by atoms with Gasteiger partial charge in [0.2, 0.25) is 0 Å². The van der Waals surface area contributed by atoms with Crippen LogP contribution in [0.15, 0.2) is 0 Å². The summed E-state index contributed by atoms with van der Waals surface area (Å²) in [6.07, 6.45) is 43.7. The predicted molar refractivity (Wildman–Crippen MR) is 233 cm³/mol. The van der Waals surface area contributed by atoms with E-state index in [2.05, 4.69) is 27.7 Å². The molecule has 0 aromatic heterocycles. The van der Waals surface area contributed by atoms with E-state index in [0.717, 1.165) is 63.7 Å². The van der Waals surface area contributed by atoms with Gasteiger partial charge in [0.05, 0.1) is 0 Å². The summed E-state index contributed by atoms with van der Waals surface area (Å²) < 4.78 is 16.7. The molecule has 0 amide bonds. The molecule has 1 atom stereocenters. The van der Waals surface area contributed by atoms with Crippen LogP contribution in [0.5, 0.6) is 0 Å². The third-order valence-corrected chi connectivity index (χ3v) is 11.0. The monoisotopic (exact) mass is 779 g/mol. The minimum Gasteiger partial charge on any atom is -0.462 e. The fraction of sp³-hybridized carbons (Fsp3) is 0.939. The molecular weight excluding hydrogens is 685 g/mol. The second-order valence-corrected chi connectivity index (χ2v) is 17.2. The van der Waals surface area contributed by atoms with Crippen molar-refractivity contribution in [2.75, 3.05) is 13.2 Å². The normalized spacial score (nSPS) is 11.9. The van der Waals surface area contributed by atoms with Crippen molar-refractivity contribution in [2.24, 2.45) is 5.92 Å². The van der Waals surface area contributed by atoms with Crippen LogP contribution in [0.1, 0.15) is 272 Å². The molecule has 55 heavy (non-hydrogen) atoms. The Hall–Kier alpha value is -1.59. The molecule has 0 aromatic carbocycles. The van der Waals surface area contributed by atoms with E-state index >= 15 is 0 Å². The molecule has 0 spiro atoms. The lowest BCUT2D eigenvalue weighted by Gasteiger charge is -2.18. The summed E-state index contributed by atoms with van der Waals surface area (Å²) in [6, 6.07) is 0. The van der Waals surface area contributed by atoms with Crippen LogP contribution in [-0.4, -0.2) is 37.2 Å². The highest BCUT2D eigenvalue weighted by molar-refractivity contribution is 5.71. The van der Waals surface area contributed by atoms with Crippen molar-refractivity contribution in [3.8, 4) is 0 Å². The maximum atomic E-state index is 12.7. The van der Waals surface area contributed by atoms with Gasteiger partial charge in [0, 0.05) is 19.3 Å². The fourth-order valence-electron chi connectivity index (χ4n) is 7.33. The van der Waals surface area contributed by atoms with Crippen LogP contribution in [0.2, 0.25) is 0 Å². The summed E-state index contributed by atoms with van der Waals surface area (Å²) in [6.45, 7) is 9.00. The first kappa shape index (κ1) is 53.4. The zero-order valence-electron chi connectivity index (χ0n) is 37.4. The van der Waals surface area contributed by atoms with Gasteiger partial charge < -0.3 is 14.2 Å². The van der Waals surface area contributed by atoms with Gasteiger partial charge in [-0.15, -0.1) is 0 Å². The van der Waals surface area contributed by atoms with Gasteiger partial charge in [-0.25, -0.2) is 0 Å². The minimum absolute atomic E-state index is 0.0632. The molecule has 0 N–H and O–H groups in total. The number of ether oxygens (including phenoxy) is 3. The highest BCUT2D eigenvalue weighted by Crippen LogP contribution is 2.17. The third-order valence-electron chi connectivity index (χ3n) is 11.0. The molecule has 0 bridgehead atoms. The summed E-state index contributed by atoms with van der Waals surface area (Å²) in [4.78, 5) is 37.8. The van der Waals surface area contributed by atoms with E-state index in [9.17, 15) is 14.4 Å². The molecule has 6 nitrogen and oxygen atoms in total. The topological polar surface area (TPSA) is 78.9 Å². The maximum Gasteiger partial charge on any atom is 0.306 e. The number of carbonyl (C=O) groups excluding carboxylic acids is 3. The van der Waals surface area contributed by atoms with Gasteiger partial charge in [-0.1, -0.05) is 233 Å². The molecule has 0 heterocycles. The van der Waals surface area contributed by atoms with Gasteiger partial charge in [0.25, 0.3) is 0 Å². The van der Waals surface area contributed by atoms with Crippen molar-refractivity contribution in [2.45, 2.75) is 278 Å². The van der Waals surface area contributed by atoms with Crippen molar-refractivity contribution >= 4 is 17.9 Å². The molecule has 0 aliphatic carbocycles. The highest BCUT2D eigenvalue weighted by atomic mass is 16.6. The Balaban J connectivity index is 4.30. The van der Waals surface area contributed by atoms with E-state index in [1.807, 2.05) is 0 Å². The van der Waals surface area contributed by atoms with Crippen LogP contribution < -0.4 is 0 Å². The van der Waals surface area contributed by atoms with E-state index in [1.54, 1.807) is 0 Å². The summed E-state index contributed by atoms with van der Waals surface area (Å²) in [5.74, 6) is -0.0179. The molecule has 0 unspecified atom stereocenters. The molecule has 326 valence electrons. The Morgan fingerprint density at radius 2 is 0.600 bits per heavy atom. The van der Waals surface area contributed by atoms with E-state index in [-0.39, 0.29) is 31.1 Å². The molecule has 0 aliphatic rings. The van der Waals surface area contributed by atoms with Crippen molar-refractivity contribution in [3.63, 3.8) is 0 Å². The summed E-state index contributed by atoms with van der Waals surface area (Å²) in [7, 11) is 0. The van der Waals surface area contributed by atoms with Crippen LogP contribution in [0, 0.1) is 5.92 Å². The third kappa shape index (κ3) is 43.4. The number of unbranched alkanes of at least 4 members (excludes halogenated alkanes) is 31. The van der Waals surface area contributed by atoms with Crippen LogP contribution in [-0.2, 0) is 28.6 Å². The van der Waals surface area contributed by atoms with Crippen LogP contribution in [0.3, 0.4) is 0 Å². The van der Waals surface area contributed by atoms with Gasteiger partial charge in [0.1, 0.15) is 13.2 Å². The molecule has 0 saturated carbocycles. The Kier molecular flexibility index (Phi) is 42.3. The molecule has 0 saturated heterocycles. The minimum atomic E-state index is -0.759. The molecule has 0 aromatic rings. The zero-order valence-corrected chi connectivity index (χ0v) is 37.4. The Bertz CT molecular complexity index is 826. The summed E-state index contributed by atoms with van der Waals surface area (Å²) in [5, 5.41) is 0. The smallest absolute Gasteiger partial charge is 0.306 e. The van der Waals surface area contributed by atoms with Gasteiger partial charge in [-0.2, -0.15) is 0 Å². The van der Waals surface area contributed by atoms with Crippen LogP contribution in [0.25, 0.3) is 0 Å². The first-order valence-electron chi connectivity index (χ1n) is 24.4. The van der Waals surface area contributed by atoms with Crippen molar-refractivity contribution in [3.05, 3.63) is 0 Å². The molecule has 6 heteroatoms. The van der Waals surface area contributed by atoms with Gasteiger partial charge in [-0.05, 0) is 25.2 Å². The first-order chi connectivity index (χ1) is 26.9. The Morgan fingerprint density at radius 1 is 0.345 bits per heavy atom. The number of carbonyl (C=O) groups is 3. The fourth-order valence-corrected chi connectivity index (χ4v) is 7.33. The standard InChI is InChI=1S/C49H94O6/c1-5-7-9-11-13-15-17-21-25-29-33-37-41-48(51)54-44-46(43-53-47(50)40-36-32-28-24-16-14-12-10-8-6-2)55-49(52)42-38-34-30-26-22-19-18-20-23-27-31-35-39-45(3)4/h45-46H,5-44H2,1-4H3/t46-/m0/s1. The largest absolute Gasteiger partial charge is 0.462 e. The van der Waals surface area contributed by atoms with Crippen molar-refractivity contribution in [1.82, 2.24) is 0 Å². The second-order valence-electron chi connectivity index (χ2n) is 17.2. The van der Waals surface area contributed by atoms with E-state index < -0.39 is 6.10 Å². The summed E-state index contributed by atoms with van der Waals surface area (Å²) >= 11 is 0. The molecule has 0 fully saturated rings. The van der Waals surface area contributed by atoms with E-state index in [0.29, 0.717) is 19.3 Å². The molecular formula is C49H94O6. The second kappa shape index (κ2) is 43.5. The summed E-state index contributed by atoms with van der Waals surface area (Å²) in [5.41, 5.74) is 0. The number of hydrogen-bond acceptors (Lipinski definition) is 6. The zero-order chi connectivity index (χ0) is 40.3. The number of hydrogen-bond donors (Lipinski definition) is 0. The Morgan fingerprint density at radius 3 is 0.891 bits per heavy atom. The first-order valence-corrected chi connectivity index (χ1v) is 24.4. The van der Waals surface area contributed by atoms with Gasteiger partial charge in [-0.3, -0.25) is 14.4 Å². The SMILES string of the molecule is CCCCCCCCCCCCCCC(=O)OC[C@H](COC(=O)CCCCCCCCCCCC)OC(=O)CCCCCCCCCCCCCCC(C)C. The van der Waals surface area contributed by atoms with Crippen molar-refractivity contribution in [1.29, 1.82) is 0 Å². The highest BCUT2D eigenvalue weighted by Gasteiger charge is 2.19. The molecule has 0 aliphatic heterocycles. The van der Waals surface area contributed by atoms with Crippen molar-refractivity contribution < 1.29 is 28.6 Å². The molecule has 0 radical (unpaired) electrons. The number of esters is 3. The molecule has 0 rings (SSSR count).